The summed E-state index contributed by atoms with van der Waals surface area (Å²) in [7, 11) is -3.69. The number of rotatable bonds is 5. The molecule has 2 rings (SSSR count). The molecule has 7 nitrogen and oxygen atoms in total. The molecule has 0 aliphatic carbocycles. The molecule has 0 bridgehead atoms. The van der Waals surface area contributed by atoms with Gasteiger partial charge in [-0.15, -0.1) is 0 Å². The number of H-pyrrole nitrogens is 1. The number of aryl methyl sites for hydroxylation is 1. The van der Waals surface area contributed by atoms with E-state index in [9.17, 15) is 13.2 Å². The first-order valence-corrected chi connectivity index (χ1v) is 7.11. The summed E-state index contributed by atoms with van der Waals surface area (Å²) in [6, 6.07) is 2.38. The standard InChI is InChI=1S/C11H13N3O4S/c1-2-8-5-13-11(18-8)7-14-19(16,17)9-3-4-10(15)12-6-9/h3-6,14H,2,7H2,1H3,(H,12,15). The van der Waals surface area contributed by atoms with Crippen LogP contribution in [0.3, 0.4) is 0 Å². The molecule has 2 N–H and O–H groups in total. The number of nitrogens with zero attached hydrogens (tertiary/aromatic N) is 1. The van der Waals surface area contributed by atoms with Gasteiger partial charge in [0.1, 0.15) is 5.76 Å². The Morgan fingerprint density at radius 1 is 1.42 bits per heavy atom. The molecule has 19 heavy (non-hydrogen) atoms. The number of pyridine rings is 1. The molecule has 0 aromatic carbocycles. The van der Waals surface area contributed by atoms with Gasteiger partial charge in [0.05, 0.1) is 17.6 Å². The van der Waals surface area contributed by atoms with Gasteiger partial charge in [-0.25, -0.2) is 18.1 Å². The summed E-state index contributed by atoms with van der Waals surface area (Å²) in [5, 5.41) is 0. The second kappa shape index (κ2) is 5.37. The van der Waals surface area contributed by atoms with E-state index in [2.05, 4.69) is 14.7 Å². The van der Waals surface area contributed by atoms with Crippen molar-refractivity contribution >= 4 is 10.0 Å². The van der Waals surface area contributed by atoms with E-state index >= 15 is 0 Å². The van der Waals surface area contributed by atoms with Gasteiger partial charge in [-0.1, -0.05) is 6.92 Å². The van der Waals surface area contributed by atoms with Gasteiger partial charge in [-0.3, -0.25) is 4.79 Å². The third kappa shape index (κ3) is 3.30. The van der Waals surface area contributed by atoms with Crippen LogP contribution in [0.4, 0.5) is 0 Å². The molecule has 0 fully saturated rings. The van der Waals surface area contributed by atoms with Gasteiger partial charge in [0.15, 0.2) is 0 Å². The topological polar surface area (TPSA) is 105 Å². The van der Waals surface area contributed by atoms with E-state index in [1.54, 1.807) is 6.20 Å². The van der Waals surface area contributed by atoms with Crippen molar-refractivity contribution in [3.63, 3.8) is 0 Å². The number of hydrogen-bond acceptors (Lipinski definition) is 5. The summed E-state index contributed by atoms with van der Waals surface area (Å²) in [4.78, 5) is 17.1. The first-order valence-electron chi connectivity index (χ1n) is 5.63. The van der Waals surface area contributed by atoms with Gasteiger partial charge < -0.3 is 9.40 Å². The SMILES string of the molecule is CCc1cnc(CNS(=O)(=O)c2ccc(=O)[nH]c2)o1. The Balaban J connectivity index is 2.09. The zero-order valence-electron chi connectivity index (χ0n) is 10.2. The van der Waals surface area contributed by atoms with E-state index in [0.717, 1.165) is 12.3 Å². The van der Waals surface area contributed by atoms with Crippen LogP contribution in [0.1, 0.15) is 18.6 Å². The molecular weight excluding hydrogens is 270 g/mol. The molecule has 0 unspecified atom stereocenters. The second-order valence-corrected chi connectivity index (χ2v) is 5.55. The van der Waals surface area contributed by atoms with Crippen molar-refractivity contribution in [2.24, 2.45) is 0 Å². The number of aromatic nitrogens is 2. The van der Waals surface area contributed by atoms with Crippen LogP contribution in [-0.4, -0.2) is 18.4 Å². The molecular formula is C11H13N3O4S. The van der Waals surface area contributed by atoms with Crippen molar-refractivity contribution in [1.82, 2.24) is 14.7 Å². The maximum atomic E-state index is 11.9. The van der Waals surface area contributed by atoms with Gasteiger partial charge in [0.2, 0.25) is 21.5 Å². The molecule has 8 heteroatoms. The molecule has 2 aromatic heterocycles. The van der Waals surface area contributed by atoms with E-state index in [1.807, 2.05) is 6.92 Å². The molecule has 0 radical (unpaired) electrons. The minimum absolute atomic E-state index is 0.0191. The molecule has 2 aromatic rings. The molecule has 102 valence electrons. The average Bonchev–Trinajstić information content (AvgIpc) is 2.85. The first kappa shape index (κ1) is 13.5. The zero-order chi connectivity index (χ0) is 13.9. The van der Waals surface area contributed by atoms with Crippen LogP contribution >= 0.6 is 0 Å². The van der Waals surface area contributed by atoms with Crippen molar-refractivity contribution in [1.29, 1.82) is 0 Å². The summed E-state index contributed by atoms with van der Waals surface area (Å²) in [5.74, 6) is 0.989. The van der Waals surface area contributed by atoms with E-state index in [4.69, 9.17) is 4.42 Å². The second-order valence-electron chi connectivity index (χ2n) is 3.79. The van der Waals surface area contributed by atoms with Crippen LogP contribution in [0.15, 0.2) is 38.6 Å². The van der Waals surface area contributed by atoms with E-state index in [0.29, 0.717) is 18.1 Å². The number of hydrogen-bond donors (Lipinski definition) is 2. The Morgan fingerprint density at radius 2 is 2.21 bits per heavy atom. The number of oxazole rings is 1. The lowest BCUT2D eigenvalue weighted by atomic mass is 10.4. The summed E-state index contributed by atoms with van der Waals surface area (Å²) >= 11 is 0. The Kier molecular flexibility index (Phi) is 3.82. The summed E-state index contributed by atoms with van der Waals surface area (Å²) in [5.41, 5.74) is -0.362. The molecule has 0 amide bonds. The van der Waals surface area contributed by atoms with Crippen LogP contribution in [0.25, 0.3) is 0 Å². The zero-order valence-corrected chi connectivity index (χ0v) is 11.0. The lowest BCUT2D eigenvalue weighted by Crippen LogP contribution is -2.24. The fraction of sp³-hybridized carbons (Fsp3) is 0.273. The fourth-order valence-electron chi connectivity index (χ4n) is 1.40. The Labute approximate surface area is 109 Å². The van der Waals surface area contributed by atoms with Gasteiger partial charge in [-0.05, 0) is 6.07 Å². The van der Waals surface area contributed by atoms with Crippen LogP contribution < -0.4 is 10.3 Å². The molecule has 0 aliphatic rings. The monoisotopic (exact) mass is 283 g/mol. The third-order valence-corrected chi connectivity index (χ3v) is 3.83. The molecule has 0 saturated heterocycles. The average molecular weight is 283 g/mol. The number of sulfonamides is 1. The van der Waals surface area contributed by atoms with E-state index in [1.165, 1.54) is 6.07 Å². The van der Waals surface area contributed by atoms with Crippen molar-refractivity contribution in [3.05, 3.63) is 46.5 Å². The van der Waals surface area contributed by atoms with Crippen molar-refractivity contribution < 1.29 is 12.8 Å². The molecule has 0 spiro atoms. The highest BCUT2D eigenvalue weighted by Gasteiger charge is 2.15. The predicted octanol–water partition coefficient (Wildman–Crippen LogP) is 0.404. The van der Waals surface area contributed by atoms with Gasteiger partial charge in [0, 0.05) is 18.7 Å². The van der Waals surface area contributed by atoms with Crippen molar-refractivity contribution in [3.8, 4) is 0 Å². The van der Waals surface area contributed by atoms with Crippen LogP contribution in [0, 0.1) is 0 Å². The predicted molar refractivity (Wildman–Crippen MR) is 67.0 cm³/mol. The van der Waals surface area contributed by atoms with Gasteiger partial charge in [-0.2, -0.15) is 0 Å². The molecule has 0 aliphatic heterocycles. The fourth-order valence-corrected chi connectivity index (χ4v) is 2.34. The first-order chi connectivity index (χ1) is 9.01. The largest absolute Gasteiger partial charge is 0.444 e. The van der Waals surface area contributed by atoms with Gasteiger partial charge in [0.25, 0.3) is 0 Å². The minimum atomic E-state index is -3.69. The molecule has 0 saturated carbocycles. The third-order valence-electron chi connectivity index (χ3n) is 2.43. The smallest absolute Gasteiger partial charge is 0.247 e. The summed E-state index contributed by atoms with van der Waals surface area (Å²) in [6.45, 7) is 1.87. The van der Waals surface area contributed by atoms with Gasteiger partial charge >= 0.3 is 0 Å². The lowest BCUT2D eigenvalue weighted by Gasteiger charge is -2.03. The normalized spacial score (nSPS) is 11.6. The van der Waals surface area contributed by atoms with Crippen molar-refractivity contribution in [2.75, 3.05) is 0 Å². The summed E-state index contributed by atoms with van der Waals surface area (Å²) < 4.78 is 31.4. The molecule has 2 heterocycles. The number of aromatic amines is 1. The van der Waals surface area contributed by atoms with Crippen molar-refractivity contribution in [2.45, 2.75) is 24.8 Å². The highest BCUT2D eigenvalue weighted by Crippen LogP contribution is 2.07. The highest BCUT2D eigenvalue weighted by atomic mass is 32.2. The Hall–Kier alpha value is -1.93. The number of nitrogens with one attached hydrogen (secondary N) is 2. The lowest BCUT2D eigenvalue weighted by molar-refractivity contribution is 0.452. The molecule has 0 atom stereocenters. The highest BCUT2D eigenvalue weighted by molar-refractivity contribution is 7.89. The summed E-state index contributed by atoms with van der Waals surface area (Å²) in [6.07, 6.45) is 3.39. The van der Waals surface area contributed by atoms with Crippen LogP contribution in [-0.2, 0) is 23.0 Å². The van der Waals surface area contributed by atoms with Crippen LogP contribution in [0.5, 0.6) is 0 Å². The Bertz CT molecular complexity index is 697. The Morgan fingerprint density at radius 3 is 2.79 bits per heavy atom. The minimum Gasteiger partial charge on any atom is -0.444 e. The quantitative estimate of drug-likeness (QED) is 0.826. The maximum Gasteiger partial charge on any atom is 0.247 e. The van der Waals surface area contributed by atoms with E-state index < -0.39 is 10.0 Å². The van der Waals surface area contributed by atoms with E-state index in [-0.39, 0.29) is 17.0 Å². The van der Waals surface area contributed by atoms with Crippen LogP contribution in [0.2, 0.25) is 0 Å². The maximum absolute atomic E-state index is 11.9.